The fourth-order valence-corrected chi connectivity index (χ4v) is 3.27. The summed E-state index contributed by atoms with van der Waals surface area (Å²) in [4.78, 5) is 11.2. The van der Waals surface area contributed by atoms with Gasteiger partial charge >= 0.3 is 0 Å². The summed E-state index contributed by atoms with van der Waals surface area (Å²) in [6.07, 6.45) is 5.82. The lowest BCUT2D eigenvalue weighted by Crippen LogP contribution is -2.48. The molecule has 0 atom stereocenters. The highest BCUT2D eigenvalue weighted by atomic mass is 16.5. The van der Waals surface area contributed by atoms with Crippen LogP contribution in [0.5, 0.6) is 5.75 Å². The Labute approximate surface area is 135 Å². The molecule has 0 saturated carbocycles. The van der Waals surface area contributed by atoms with Crippen molar-refractivity contribution < 1.29 is 4.74 Å². The van der Waals surface area contributed by atoms with Gasteiger partial charge in [-0.2, -0.15) is 0 Å². The number of anilines is 1. The van der Waals surface area contributed by atoms with E-state index in [1.54, 1.807) is 7.11 Å². The van der Waals surface area contributed by atoms with Crippen molar-refractivity contribution >= 4 is 16.6 Å². The molecule has 2 aromatic heterocycles. The number of nitrogens with zero attached hydrogens (tertiary/aromatic N) is 4. The third-order valence-corrected chi connectivity index (χ3v) is 4.60. The standard InChI is InChI=1S/C18H20N4O/c1-13-19-7-8-21(13)10-14-11-22(12-14)18-5-6-20-17-4-3-15(23-2)9-16(17)18/h3-9,14H,10-12H2,1-2H3. The average Bonchev–Trinajstić information content (AvgIpc) is 2.94. The Morgan fingerprint density at radius 3 is 2.78 bits per heavy atom. The first kappa shape index (κ1) is 14.1. The molecule has 0 aliphatic carbocycles. The van der Waals surface area contributed by atoms with Crippen molar-refractivity contribution in [2.24, 2.45) is 5.92 Å². The molecule has 1 aromatic carbocycles. The molecule has 0 N–H and O–H groups in total. The second-order valence-electron chi connectivity index (χ2n) is 6.11. The van der Waals surface area contributed by atoms with Crippen LogP contribution in [-0.2, 0) is 6.54 Å². The van der Waals surface area contributed by atoms with E-state index in [1.807, 2.05) is 24.5 Å². The minimum absolute atomic E-state index is 0.664. The molecule has 1 saturated heterocycles. The van der Waals surface area contributed by atoms with E-state index in [4.69, 9.17) is 4.74 Å². The fourth-order valence-electron chi connectivity index (χ4n) is 3.27. The average molecular weight is 308 g/mol. The van der Waals surface area contributed by atoms with Crippen molar-refractivity contribution in [1.82, 2.24) is 14.5 Å². The minimum Gasteiger partial charge on any atom is -0.497 e. The second kappa shape index (κ2) is 5.57. The highest BCUT2D eigenvalue weighted by Gasteiger charge is 2.28. The molecule has 1 aliphatic rings. The monoisotopic (exact) mass is 308 g/mol. The SMILES string of the molecule is COc1ccc2nccc(N3CC(Cn4ccnc4C)C3)c2c1. The molecule has 1 aliphatic heterocycles. The molecule has 0 spiro atoms. The molecule has 23 heavy (non-hydrogen) atoms. The molecule has 1 fully saturated rings. The van der Waals surface area contributed by atoms with E-state index in [-0.39, 0.29) is 0 Å². The fraction of sp³-hybridized carbons (Fsp3) is 0.333. The largest absolute Gasteiger partial charge is 0.497 e. The highest BCUT2D eigenvalue weighted by Crippen LogP contribution is 2.33. The molecule has 4 rings (SSSR count). The van der Waals surface area contributed by atoms with Crippen LogP contribution < -0.4 is 9.64 Å². The number of pyridine rings is 1. The van der Waals surface area contributed by atoms with E-state index >= 15 is 0 Å². The summed E-state index contributed by atoms with van der Waals surface area (Å²) in [5.41, 5.74) is 2.25. The van der Waals surface area contributed by atoms with Crippen LogP contribution in [0.4, 0.5) is 5.69 Å². The van der Waals surface area contributed by atoms with Crippen LogP contribution in [0.3, 0.4) is 0 Å². The van der Waals surface area contributed by atoms with Gasteiger partial charge in [0.25, 0.3) is 0 Å². The normalized spacial score (nSPS) is 15.0. The van der Waals surface area contributed by atoms with E-state index in [1.165, 1.54) is 5.69 Å². The predicted octanol–water partition coefficient (Wildman–Crippen LogP) is 2.88. The minimum atomic E-state index is 0.664. The number of aromatic nitrogens is 3. The topological polar surface area (TPSA) is 43.2 Å². The third kappa shape index (κ3) is 2.52. The summed E-state index contributed by atoms with van der Waals surface area (Å²) < 4.78 is 7.59. The van der Waals surface area contributed by atoms with Gasteiger partial charge in [-0.25, -0.2) is 4.98 Å². The van der Waals surface area contributed by atoms with Gasteiger partial charge in [0.15, 0.2) is 0 Å². The van der Waals surface area contributed by atoms with Crippen molar-refractivity contribution in [2.45, 2.75) is 13.5 Å². The quantitative estimate of drug-likeness (QED) is 0.743. The molecule has 5 nitrogen and oxygen atoms in total. The Kier molecular flexibility index (Phi) is 3.41. The van der Waals surface area contributed by atoms with Gasteiger partial charge in [0, 0.05) is 55.2 Å². The van der Waals surface area contributed by atoms with Crippen molar-refractivity contribution in [1.29, 1.82) is 0 Å². The van der Waals surface area contributed by atoms with Crippen LogP contribution in [0.15, 0.2) is 42.9 Å². The van der Waals surface area contributed by atoms with E-state index in [0.29, 0.717) is 5.92 Å². The number of hydrogen-bond donors (Lipinski definition) is 0. The molecular formula is C18H20N4O. The van der Waals surface area contributed by atoms with Crippen molar-refractivity contribution in [3.63, 3.8) is 0 Å². The van der Waals surface area contributed by atoms with Crippen LogP contribution in [0.2, 0.25) is 0 Å². The predicted molar refractivity (Wildman–Crippen MR) is 91.0 cm³/mol. The Morgan fingerprint density at radius 1 is 1.17 bits per heavy atom. The Hall–Kier alpha value is -2.56. The van der Waals surface area contributed by atoms with Crippen molar-refractivity contribution in [2.75, 3.05) is 25.1 Å². The number of imidazole rings is 1. The Bertz CT molecular complexity index is 836. The summed E-state index contributed by atoms with van der Waals surface area (Å²) in [5, 5.41) is 1.16. The van der Waals surface area contributed by atoms with Gasteiger partial charge in [-0.1, -0.05) is 0 Å². The zero-order chi connectivity index (χ0) is 15.8. The van der Waals surface area contributed by atoms with Crippen molar-refractivity contribution in [3.8, 4) is 5.75 Å². The second-order valence-corrected chi connectivity index (χ2v) is 6.11. The summed E-state index contributed by atoms with van der Waals surface area (Å²) >= 11 is 0. The van der Waals surface area contributed by atoms with E-state index in [0.717, 1.165) is 42.1 Å². The molecule has 118 valence electrons. The zero-order valence-electron chi connectivity index (χ0n) is 13.4. The van der Waals surface area contributed by atoms with Crippen LogP contribution in [0.1, 0.15) is 5.82 Å². The molecular weight excluding hydrogens is 288 g/mol. The first-order chi connectivity index (χ1) is 11.2. The smallest absolute Gasteiger partial charge is 0.119 e. The maximum Gasteiger partial charge on any atom is 0.119 e. The van der Waals surface area contributed by atoms with Gasteiger partial charge < -0.3 is 14.2 Å². The maximum atomic E-state index is 5.36. The van der Waals surface area contributed by atoms with Crippen LogP contribution in [0, 0.1) is 12.8 Å². The van der Waals surface area contributed by atoms with Gasteiger partial charge in [-0.05, 0) is 31.2 Å². The van der Waals surface area contributed by atoms with Gasteiger partial charge in [-0.3, -0.25) is 4.98 Å². The molecule has 3 aromatic rings. The Morgan fingerprint density at radius 2 is 2.04 bits per heavy atom. The number of hydrogen-bond acceptors (Lipinski definition) is 4. The number of fused-ring (bicyclic) bond motifs is 1. The van der Waals surface area contributed by atoms with Crippen LogP contribution in [0.25, 0.3) is 10.9 Å². The van der Waals surface area contributed by atoms with E-state index in [2.05, 4.69) is 44.7 Å². The Balaban J connectivity index is 1.54. The molecule has 0 amide bonds. The number of aryl methyl sites for hydroxylation is 1. The van der Waals surface area contributed by atoms with Gasteiger partial charge in [0.2, 0.25) is 0 Å². The van der Waals surface area contributed by atoms with Crippen LogP contribution >= 0.6 is 0 Å². The number of rotatable bonds is 4. The highest BCUT2D eigenvalue weighted by molar-refractivity contribution is 5.92. The number of ether oxygens (including phenoxy) is 1. The van der Waals surface area contributed by atoms with Gasteiger partial charge in [0.1, 0.15) is 11.6 Å². The summed E-state index contributed by atoms with van der Waals surface area (Å²) in [6.45, 7) is 5.22. The molecule has 3 heterocycles. The zero-order valence-corrected chi connectivity index (χ0v) is 13.4. The lowest BCUT2D eigenvalue weighted by atomic mass is 9.98. The van der Waals surface area contributed by atoms with Crippen molar-refractivity contribution in [3.05, 3.63) is 48.7 Å². The number of methoxy groups -OCH3 is 1. The van der Waals surface area contributed by atoms with Crippen LogP contribution in [-0.4, -0.2) is 34.7 Å². The molecule has 0 unspecified atom stereocenters. The lowest BCUT2D eigenvalue weighted by molar-refractivity contribution is 0.355. The first-order valence-corrected chi connectivity index (χ1v) is 7.90. The molecule has 0 radical (unpaired) electrons. The number of benzene rings is 1. The summed E-state index contributed by atoms with van der Waals surface area (Å²) in [7, 11) is 1.70. The van der Waals surface area contributed by atoms with Gasteiger partial charge in [-0.15, -0.1) is 0 Å². The van der Waals surface area contributed by atoms with E-state index in [9.17, 15) is 0 Å². The molecule has 5 heteroatoms. The molecule has 0 bridgehead atoms. The summed E-state index contributed by atoms with van der Waals surface area (Å²) in [6, 6.07) is 8.15. The summed E-state index contributed by atoms with van der Waals surface area (Å²) in [5.74, 6) is 2.62. The van der Waals surface area contributed by atoms with E-state index < -0.39 is 0 Å². The lowest BCUT2D eigenvalue weighted by Gasteiger charge is -2.41. The first-order valence-electron chi connectivity index (χ1n) is 7.90. The maximum absolute atomic E-state index is 5.36. The van der Waals surface area contributed by atoms with Gasteiger partial charge in [0.05, 0.1) is 12.6 Å². The third-order valence-electron chi connectivity index (χ3n) is 4.60.